The summed E-state index contributed by atoms with van der Waals surface area (Å²) < 4.78 is 39.8. The molecule has 0 saturated carbocycles. The van der Waals surface area contributed by atoms with Crippen LogP contribution in [0.3, 0.4) is 0 Å². The molecule has 0 saturated heterocycles. The smallest absolute Gasteiger partial charge is 0.270 e. The molecule has 2 N–H and O–H groups in total. The standard InChI is InChI=1S/C27H24N4O6S/c1-36-26-10-6-5-9-24(26)30-38(34,35)27-17-22(31(32)33)13-16-25(27)29-28-18-20-11-14-23(15-12-20)37-19-21-7-3-2-4-8-21/h2-18,29-30H,19H2,1H3/b28-18-. The third kappa shape index (κ3) is 6.65. The zero-order chi connectivity index (χ0) is 27.0. The Morgan fingerprint density at radius 1 is 0.921 bits per heavy atom. The van der Waals surface area contributed by atoms with Gasteiger partial charge in [-0.15, -0.1) is 0 Å². The SMILES string of the molecule is COc1ccccc1NS(=O)(=O)c1cc([N+](=O)[O-])ccc1N/N=C\c1ccc(OCc2ccccc2)cc1. The van der Waals surface area contributed by atoms with Crippen molar-refractivity contribution in [3.8, 4) is 11.5 Å². The highest BCUT2D eigenvalue weighted by molar-refractivity contribution is 7.93. The highest BCUT2D eigenvalue weighted by Crippen LogP contribution is 2.31. The molecule has 0 amide bonds. The first-order valence-corrected chi connectivity index (χ1v) is 12.8. The number of anilines is 2. The minimum Gasteiger partial charge on any atom is -0.495 e. The average molecular weight is 533 g/mol. The van der Waals surface area contributed by atoms with Gasteiger partial charge >= 0.3 is 0 Å². The topological polar surface area (TPSA) is 132 Å². The molecule has 4 aromatic rings. The maximum atomic E-state index is 13.2. The number of nitrogens with zero attached hydrogens (tertiary/aromatic N) is 2. The minimum atomic E-state index is -4.25. The van der Waals surface area contributed by atoms with Crippen molar-refractivity contribution in [3.63, 3.8) is 0 Å². The highest BCUT2D eigenvalue weighted by Gasteiger charge is 2.23. The van der Waals surface area contributed by atoms with E-state index >= 15 is 0 Å². The van der Waals surface area contributed by atoms with Gasteiger partial charge in [0.2, 0.25) is 0 Å². The van der Waals surface area contributed by atoms with Gasteiger partial charge in [-0.05, 0) is 53.6 Å². The van der Waals surface area contributed by atoms with Gasteiger partial charge in [-0.3, -0.25) is 20.3 Å². The number of hydrazone groups is 1. The second-order valence-corrected chi connectivity index (χ2v) is 9.61. The first-order chi connectivity index (χ1) is 18.4. The summed E-state index contributed by atoms with van der Waals surface area (Å²) in [6.45, 7) is 0.441. The third-order valence-corrected chi connectivity index (χ3v) is 6.75. The molecule has 0 bridgehead atoms. The van der Waals surface area contributed by atoms with Gasteiger partial charge in [0.25, 0.3) is 15.7 Å². The van der Waals surface area contributed by atoms with Crippen LogP contribution in [0.25, 0.3) is 0 Å². The van der Waals surface area contributed by atoms with E-state index in [1.165, 1.54) is 31.5 Å². The first-order valence-electron chi connectivity index (χ1n) is 11.4. The normalized spacial score (nSPS) is 11.2. The summed E-state index contributed by atoms with van der Waals surface area (Å²) >= 11 is 0. The lowest BCUT2D eigenvalue weighted by Gasteiger charge is -2.14. The van der Waals surface area contributed by atoms with E-state index in [0.29, 0.717) is 18.1 Å². The molecule has 0 aliphatic carbocycles. The van der Waals surface area contributed by atoms with Crippen LogP contribution in [0.2, 0.25) is 0 Å². The number of benzene rings is 4. The second kappa shape index (κ2) is 11.9. The molecule has 0 heterocycles. The number of hydrogen-bond donors (Lipinski definition) is 2. The number of nitrogens with one attached hydrogen (secondary N) is 2. The Labute approximate surface area is 219 Å². The summed E-state index contributed by atoms with van der Waals surface area (Å²) in [6.07, 6.45) is 1.49. The van der Waals surface area contributed by atoms with Gasteiger partial charge in [-0.25, -0.2) is 8.42 Å². The Balaban J connectivity index is 1.50. The maximum Gasteiger partial charge on any atom is 0.270 e. The van der Waals surface area contributed by atoms with Gasteiger partial charge in [0.05, 0.1) is 29.6 Å². The lowest BCUT2D eigenvalue weighted by Crippen LogP contribution is -2.15. The highest BCUT2D eigenvalue weighted by atomic mass is 32.2. The van der Waals surface area contributed by atoms with Crippen molar-refractivity contribution in [2.75, 3.05) is 17.3 Å². The van der Waals surface area contributed by atoms with Gasteiger partial charge in [-0.1, -0.05) is 42.5 Å². The van der Waals surface area contributed by atoms with E-state index in [-0.39, 0.29) is 22.0 Å². The lowest BCUT2D eigenvalue weighted by atomic mass is 10.2. The number of ether oxygens (including phenoxy) is 2. The fraction of sp³-hybridized carbons (Fsp3) is 0.0741. The van der Waals surface area contributed by atoms with E-state index in [0.717, 1.165) is 17.2 Å². The number of para-hydroxylation sites is 2. The molecule has 0 aliphatic heterocycles. The fourth-order valence-electron chi connectivity index (χ4n) is 3.44. The van der Waals surface area contributed by atoms with Crippen LogP contribution in [0.4, 0.5) is 17.1 Å². The summed E-state index contributed by atoms with van der Waals surface area (Å²) in [6, 6.07) is 26.8. The van der Waals surface area contributed by atoms with Crippen LogP contribution in [0.15, 0.2) is 107 Å². The molecular weight excluding hydrogens is 508 g/mol. The van der Waals surface area contributed by atoms with E-state index in [2.05, 4.69) is 15.2 Å². The molecule has 0 fully saturated rings. The van der Waals surface area contributed by atoms with E-state index in [9.17, 15) is 18.5 Å². The molecule has 38 heavy (non-hydrogen) atoms. The van der Waals surface area contributed by atoms with Crippen LogP contribution in [-0.4, -0.2) is 26.7 Å². The molecule has 4 aromatic carbocycles. The predicted octanol–water partition coefficient (Wildman–Crippen LogP) is 5.43. The molecule has 11 heteroatoms. The van der Waals surface area contributed by atoms with Gasteiger partial charge in [0.1, 0.15) is 23.0 Å². The van der Waals surface area contributed by atoms with Crippen molar-refractivity contribution in [1.82, 2.24) is 0 Å². The Hall–Kier alpha value is -4.90. The summed E-state index contributed by atoms with van der Waals surface area (Å²) in [5.41, 5.74) is 4.31. The monoisotopic (exact) mass is 532 g/mol. The maximum absolute atomic E-state index is 13.2. The van der Waals surface area contributed by atoms with Gasteiger partial charge < -0.3 is 9.47 Å². The zero-order valence-electron chi connectivity index (χ0n) is 20.3. The lowest BCUT2D eigenvalue weighted by molar-refractivity contribution is -0.385. The van der Waals surface area contributed by atoms with Crippen LogP contribution in [0.1, 0.15) is 11.1 Å². The molecule has 4 rings (SSSR count). The van der Waals surface area contributed by atoms with E-state index in [4.69, 9.17) is 9.47 Å². The Morgan fingerprint density at radius 2 is 1.63 bits per heavy atom. The summed E-state index contributed by atoms with van der Waals surface area (Å²) in [4.78, 5) is 10.3. The van der Waals surface area contributed by atoms with E-state index in [1.807, 2.05) is 30.3 Å². The van der Waals surface area contributed by atoms with Crippen LogP contribution in [0.5, 0.6) is 11.5 Å². The third-order valence-electron chi connectivity index (χ3n) is 5.34. The molecule has 194 valence electrons. The zero-order valence-corrected chi connectivity index (χ0v) is 21.1. The number of nitro groups is 1. The molecule has 0 radical (unpaired) electrons. The molecule has 0 unspecified atom stereocenters. The van der Waals surface area contributed by atoms with Crippen LogP contribution < -0.4 is 19.6 Å². The Morgan fingerprint density at radius 3 is 2.34 bits per heavy atom. The van der Waals surface area contributed by atoms with Crippen molar-refractivity contribution in [1.29, 1.82) is 0 Å². The number of hydrogen-bond acceptors (Lipinski definition) is 8. The van der Waals surface area contributed by atoms with Crippen molar-refractivity contribution >= 4 is 33.3 Å². The summed E-state index contributed by atoms with van der Waals surface area (Å²) in [5, 5.41) is 15.4. The Kier molecular flexibility index (Phi) is 8.19. The number of nitro benzene ring substituents is 1. The first kappa shape index (κ1) is 26.2. The van der Waals surface area contributed by atoms with Gasteiger partial charge in [0, 0.05) is 12.1 Å². The van der Waals surface area contributed by atoms with Crippen LogP contribution in [-0.2, 0) is 16.6 Å². The molecule has 0 aromatic heterocycles. The van der Waals surface area contributed by atoms with Crippen LogP contribution in [0, 0.1) is 10.1 Å². The molecule has 0 atom stereocenters. The fourth-order valence-corrected chi connectivity index (χ4v) is 4.68. The average Bonchev–Trinajstić information content (AvgIpc) is 2.93. The van der Waals surface area contributed by atoms with Crippen molar-refractivity contribution in [3.05, 3.63) is 118 Å². The summed E-state index contributed by atoms with van der Waals surface area (Å²) in [5.74, 6) is 0.982. The van der Waals surface area contributed by atoms with E-state index in [1.54, 1.807) is 42.5 Å². The molecule has 0 spiro atoms. The van der Waals surface area contributed by atoms with Crippen molar-refractivity contribution in [2.45, 2.75) is 11.5 Å². The van der Waals surface area contributed by atoms with Crippen LogP contribution >= 0.6 is 0 Å². The minimum absolute atomic E-state index is 0.0528. The Bertz CT molecular complexity index is 1540. The number of non-ortho nitro benzene ring substituents is 1. The number of sulfonamides is 1. The second-order valence-electron chi connectivity index (χ2n) is 7.96. The number of methoxy groups -OCH3 is 1. The number of rotatable bonds is 11. The quantitative estimate of drug-likeness (QED) is 0.150. The predicted molar refractivity (Wildman–Crippen MR) is 145 cm³/mol. The molecular formula is C27H24N4O6S. The van der Waals surface area contributed by atoms with E-state index < -0.39 is 14.9 Å². The molecule has 10 nitrogen and oxygen atoms in total. The van der Waals surface area contributed by atoms with Gasteiger partial charge in [-0.2, -0.15) is 5.10 Å². The summed E-state index contributed by atoms with van der Waals surface area (Å²) in [7, 11) is -2.84. The molecule has 0 aliphatic rings. The largest absolute Gasteiger partial charge is 0.495 e. The van der Waals surface area contributed by atoms with Crippen molar-refractivity contribution in [2.24, 2.45) is 5.10 Å². The van der Waals surface area contributed by atoms with Gasteiger partial charge in [0.15, 0.2) is 0 Å². The van der Waals surface area contributed by atoms with Crippen molar-refractivity contribution < 1.29 is 22.8 Å².